The molecule has 0 bridgehead atoms. The average Bonchev–Trinajstić information content (AvgIpc) is 3.02. The number of carbonyl (C=O) groups is 1. The van der Waals surface area contributed by atoms with Gasteiger partial charge in [0.25, 0.3) is 0 Å². The van der Waals surface area contributed by atoms with Crippen LogP contribution in [-0.4, -0.2) is 5.91 Å². The van der Waals surface area contributed by atoms with E-state index in [0.717, 1.165) is 28.8 Å². The molecule has 1 aliphatic rings. The zero-order valence-electron chi connectivity index (χ0n) is 12.9. The topological polar surface area (TPSA) is 29.1 Å². The number of halogens is 1. The highest BCUT2D eigenvalue weighted by molar-refractivity contribution is 7.10. The Labute approximate surface area is 148 Å². The molecule has 2 heterocycles. The van der Waals surface area contributed by atoms with Gasteiger partial charge in [0.05, 0.1) is 11.5 Å². The molecule has 1 amide bonds. The number of nitrogens with one attached hydrogen (secondary N) is 1. The fraction of sp³-hybridized carbons (Fsp3) is 0.211. The first-order valence-corrected chi connectivity index (χ1v) is 9.64. The molecular formula is C19H16FNOS2. The van der Waals surface area contributed by atoms with Crippen LogP contribution in [0.25, 0.3) is 0 Å². The van der Waals surface area contributed by atoms with Gasteiger partial charge < -0.3 is 5.32 Å². The summed E-state index contributed by atoms with van der Waals surface area (Å²) in [6.45, 7) is 0. The maximum absolute atomic E-state index is 13.2. The average molecular weight is 357 g/mol. The van der Waals surface area contributed by atoms with Crippen molar-refractivity contribution in [2.75, 3.05) is 0 Å². The molecule has 1 atom stereocenters. The van der Waals surface area contributed by atoms with E-state index in [1.165, 1.54) is 12.1 Å². The summed E-state index contributed by atoms with van der Waals surface area (Å²) in [4.78, 5) is 14.1. The Kier molecular flexibility index (Phi) is 3.98. The van der Waals surface area contributed by atoms with Crippen LogP contribution < -0.4 is 5.32 Å². The van der Waals surface area contributed by atoms with Crippen molar-refractivity contribution < 1.29 is 9.18 Å². The van der Waals surface area contributed by atoms with Crippen molar-refractivity contribution in [3.05, 3.63) is 80.4 Å². The molecule has 2 nitrogen and oxygen atoms in total. The first-order chi connectivity index (χ1) is 11.7. The van der Waals surface area contributed by atoms with Gasteiger partial charge in [0.1, 0.15) is 5.82 Å². The van der Waals surface area contributed by atoms with Gasteiger partial charge in [0.2, 0.25) is 5.91 Å². The standard InChI is InChI=1S/C19H16FNOS2/c20-15-5-3-14(4-6-15)19(8-9-19)18(22)21-17(13-7-11-23-12-13)16-2-1-10-24-16/h1-7,10-12,17H,8-9H2,(H,21,22)/t17-/m0/s1. The Morgan fingerprint density at radius 3 is 2.50 bits per heavy atom. The molecule has 122 valence electrons. The van der Waals surface area contributed by atoms with Crippen LogP contribution in [0.2, 0.25) is 0 Å². The number of rotatable bonds is 5. The summed E-state index contributed by atoms with van der Waals surface area (Å²) >= 11 is 3.27. The van der Waals surface area contributed by atoms with Gasteiger partial charge in [-0.2, -0.15) is 11.3 Å². The highest BCUT2D eigenvalue weighted by Crippen LogP contribution is 2.49. The Bertz CT molecular complexity index is 787. The van der Waals surface area contributed by atoms with Crippen LogP contribution in [0.15, 0.2) is 58.6 Å². The molecule has 1 saturated carbocycles. The molecule has 1 N–H and O–H groups in total. The summed E-state index contributed by atoms with van der Waals surface area (Å²) in [6.07, 6.45) is 1.62. The maximum atomic E-state index is 13.2. The van der Waals surface area contributed by atoms with Crippen LogP contribution >= 0.6 is 22.7 Å². The minimum Gasteiger partial charge on any atom is -0.344 e. The third-order valence-electron chi connectivity index (χ3n) is 4.56. The lowest BCUT2D eigenvalue weighted by atomic mass is 9.94. The maximum Gasteiger partial charge on any atom is 0.231 e. The van der Waals surface area contributed by atoms with E-state index < -0.39 is 5.41 Å². The molecule has 0 radical (unpaired) electrons. The van der Waals surface area contributed by atoms with E-state index in [9.17, 15) is 9.18 Å². The molecule has 3 aromatic rings. The Hall–Kier alpha value is -1.98. The first kappa shape index (κ1) is 15.5. The van der Waals surface area contributed by atoms with Crippen molar-refractivity contribution in [1.82, 2.24) is 5.32 Å². The summed E-state index contributed by atoms with van der Waals surface area (Å²) in [5.74, 6) is -0.247. The summed E-state index contributed by atoms with van der Waals surface area (Å²) in [5, 5.41) is 9.34. The monoisotopic (exact) mass is 357 g/mol. The summed E-state index contributed by atoms with van der Waals surface area (Å²) in [7, 11) is 0. The lowest BCUT2D eigenvalue weighted by Gasteiger charge is -2.22. The molecule has 5 heteroatoms. The number of benzene rings is 1. The number of hydrogen-bond donors (Lipinski definition) is 1. The Morgan fingerprint density at radius 2 is 1.92 bits per heavy atom. The van der Waals surface area contributed by atoms with Crippen LogP contribution in [0.4, 0.5) is 4.39 Å². The highest BCUT2D eigenvalue weighted by atomic mass is 32.1. The molecule has 0 saturated heterocycles. The fourth-order valence-electron chi connectivity index (χ4n) is 3.02. The van der Waals surface area contributed by atoms with E-state index in [1.54, 1.807) is 34.8 Å². The minimum absolute atomic E-state index is 0.0266. The minimum atomic E-state index is -0.501. The molecule has 2 aromatic heterocycles. The van der Waals surface area contributed by atoms with Gasteiger partial charge in [-0.1, -0.05) is 18.2 Å². The van der Waals surface area contributed by atoms with E-state index in [1.807, 2.05) is 29.0 Å². The van der Waals surface area contributed by atoms with Gasteiger partial charge >= 0.3 is 0 Å². The second kappa shape index (κ2) is 6.15. The van der Waals surface area contributed by atoms with Crippen molar-refractivity contribution in [1.29, 1.82) is 0 Å². The molecule has 0 spiro atoms. The molecule has 1 aromatic carbocycles. The van der Waals surface area contributed by atoms with Crippen LogP contribution in [0.1, 0.15) is 34.9 Å². The number of thiophene rings is 2. The van der Waals surface area contributed by atoms with Gasteiger partial charge in [0.15, 0.2) is 0 Å². The van der Waals surface area contributed by atoms with E-state index in [-0.39, 0.29) is 17.8 Å². The third kappa shape index (κ3) is 2.78. The number of carbonyl (C=O) groups excluding carboxylic acids is 1. The Morgan fingerprint density at radius 1 is 1.12 bits per heavy atom. The molecule has 0 unspecified atom stereocenters. The van der Waals surface area contributed by atoms with E-state index in [4.69, 9.17) is 0 Å². The summed E-state index contributed by atoms with van der Waals surface area (Å²) in [6, 6.07) is 12.3. The van der Waals surface area contributed by atoms with Crippen LogP contribution in [0.3, 0.4) is 0 Å². The number of hydrogen-bond acceptors (Lipinski definition) is 3. The van der Waals surface area contributed by atoms with E-state index >= 15 is 0 Å². The molecule has 1 aliphatic carbocycles. The van der Waals surface area contributed by atoms with Crippen LogP contribution in [-0.2, 0) is 10.2 Å². The second-order valence-electron chi connectivity index (χ2n) is 6.07. The van der Waals surface area contributed by atoms with Crippen molar-refractivity contribution in [3.8, 4) is 0 Å². The normalized spacial score (nSPS) is 16.5. The molecule has 24 heavy (non-hydrogen) atoms. The zero-order chi connectivity index (χ0) is 16.6. The van der Waals surface area contributed by atoms with Gasteiger partial charge in [-0.15, -0.1) is 11.3 Å². The smallest absolute Gasteiger partial charge is 0.231 e. The first-order valence-electron chi connectivity index (χ1n) is 7.81. The van der Waals surface area contributed by atoms with E-state index in [0.29, 0.717) is 0 Å². The summed E-state index contributed by atoms with van der Waals surface area (Å²) < 4.78 is 13.2. The lowest BCUT2D eigenvalue weighted by Crippen LogP contribution is -2.37. The predicted molar refractivity (Wildman–Crippen MR) is 95.9 cm³/mol. The largest absolute Gasteiger partial charge is 0.344 e. The van der Waals surface area contributed by atoms with Gasteiger partial charge in [0, 0.05) is 4.88 Å². The molecule has 1 fully saturated rings. The summed E-state index contributed by atoms with van der Waals surface area (Å²) in [5.41, 5.74) is 1.50. The Balaban J connectivity index is 1.61. The molecular weight excluding hydrogens is 341 g/mol. The van der Waals surface area contributed by atoms with E-state index in [2.05, 4.69) is 10.7 Å². The van der Waals surface area contributed by atoms with Crippen LogP contribution in [0, 0.1) is 5.82 Å². The lowest BCUT2D eigenvalue weighted by molar-refractivity contribution is -0.124. The third-order valence-corrected chi connectivity index (χ3v) is 6.20. The van der Waals surface area contributed by atoms with Gasteiger partial charge in [-0.3, -0.25) is 4.79 Å². The SMILES string of the molecule is O=C(N[C@@H](c1ccsc1)c1cccs1)C1(c2ccc(F)cc2)CC1. The predicted octanol–water partition coefficient (Wildman–Crippen LogP) is 4.89. The van der Waals surface area contributed by atoms with Crippen molar-refractivity contribution >= 4 is 28.6 Å². The van der Waals surface area contributed by atoms with Gasteiger partial charge in [-0.25, -0.2) is 4.39 Å². The number of amides is 1. The van der Waals surface area contributed by atoms with Gasteiger partial charge in [-0.05, 0) is 64.4 Å². The van der Waals surface area contributed by atoms with Crippen molar-refractivity contribution in [2.45, 2.75) is 24.3 Å². The molecule has 0 aliphatic heterocycles. The fourth-order valence-corrected chi connectivity index (χ4v) is 4.51. The highest BCUT2D eigenvalue weighted by Gasteiger charge is 2.51. The quantitative estimate of drug-likeness (QED) is 0.692. The van der Waals surface area contributed by atoms with Crippen molar-refractivity contribution in [2.24, 2.45) is 0 Å². The second-order valence-corrected chi connectivity index (χ2v) is 7.83. The van der Waals surface area contributed by atoms with Crippen LogP contribution in [0.5, 0.6) is 0 Å². The molecule has 4 rings (SSSR count). The van der Waals surface area contributed by atoms with Crippen molar-refractivity contribution in [3.63, 3.8) is 0 Å². The zero-order valence-corrected chi connectivity index (χ0v) is 14.5.